The predicted octanol–water partition coefficient (Wildman–Crippen LogP) is 4.78. The lowest BCUT2D eigenvalue weighted by Gasteiger charge is -2.25. The second-order valence-corrected chi connectivity index (χ2v) is 15.4. The van der Waals surface area contributed by atoms with E-state index in [1.807, 2.05) is 0 Å². The van der Waals surface area contributed by atoms with Gasteiger partial charge in [-0.25, -0.2) is 35.9 Å². The number of hydrogen-bond donors (Lipinski definition) is 2. The van der Waals surface area contributed by atoms with Crippen LogP contribution in [0.15, 0.2) is 18.2 Å². The van der Waals surface area contributed by atoms with Crippen LogP contribution in [0.2, 0.25) is 0 Å². The first-order chi connectivity index (χ1) is 20.8. The van der Waals surface area contributed by atoms with Gasteiger partial charge in [0, 0.05) is 5.56 Å². The Morgan fingerprint density at radius 2 is 1.07 bits per heavy atom. The van der Waals surface area contributed by atoms with E-state index in [-0.39, 0.29) is 0 Å². The van der Waals surface area contributed by atoms with Gasteiger partial charge in [-0.15, -0.1) is 0 Å². The number of rotatable bonds is 12. The number of nitrogens with one attached hydrogen (secondary N) is 2. The highest BCUT2D eigenvalue weighted by Gasteiger charge is 2.59. The average molecular weight is 713 g/mol. The quantitative estimate of drug-likeness (QED) is 0.230. The molecule has 46 heavy (non-hydrogen) atoms. The molecule has 11 nitrogen and oxygen atoms in total. The van der Waals surface area contributed by atoms with Crippen LogP contribution in [-0.2, 0) is 29.5 Å². The molecule has 260 valence electrons. The normalized spacial score (nSPS) is 18.6. The highest BCUT2D eigenvalue weighted by atomic mass is 32.2. The van der Waals surface area contributed by atoms with Crippen LogP contribution < -0.4 is 9.44 Å². The predicted molar refractivity (Wildman–Crippen MR) is 145 cm³/mol. The first-order valence-corrected chi connectivity index (χ1v) is 16.8. The van der Waals surface area contributed by atoms with Crippen LogP contribution in [0.1, 0.15) is 103 Å². The number of ether oxygens (including phenoxy) is 2. The van der Waals surface area contributed by atoms with E-state index in [1.54, 1.807) is 13.8 Å². The van der Waals surface area contributed by atoms with Crippen molar-refractivity contribution in [1.29, 1.82) is 0 Å². The molecule has 2 aliphatic rings. The zero-order valence-corrected chi connectivity index (χ0v) is 26.1. The van der Waals surface area contributed by atoms with E-state index >= 15 is 0 Å². The zero-order valence-electron chi connectivity index (χ0n) is 24.4. The van der Waals surface area contributed by atoms with Crippen LogP contribution in [0.5, 0.6) is 0 Å². The Morgan fingerprint density at radius 1 is 0.696 bits per heavy atom. The molecule has 0 unspecified atom stereocenters. The summed E-state index contributed by atoms with van der Waals surface area (Å²) in [5.41, 5.74) is -3.71. The third-order valence-corrected chi connectivity index (χ3v) is 10.4. The van der Waals surface area contributed by atoms with E-state index in [2.05, 4.69) is 0 Å². The second-order valence-electron chi connectivity index (χ2n) is 11.7. The number of amides is 1. The lowest BCUT2D eigenvalue weighted by Crippen LogP contribution is -2.50. The molecule has 1 aromatic carbocycles. The Hall–Kier alpha value is -3.00. The number of carbonyl (C=O) groups is 3. The van der Waals surface area contributed by atoms with E-state index in [1.165, 1.54) is 0 Å². The van der Waals surface area contributed by atoms with Crippen LogP contribution in [0.4, 0.5) is 30.7 Å². The van der Waals surface area contributed by atoms with Crippen LogP contribution in [0.3, 0.4) is 0 Å². The van der Waals surface area contributed by atoms with Crippen molar-refractivity contribution < 1.29 is 71.4 Å². The number of sulfonamides is 2. The van der Waals surface area contributed by atoms with Gasteiger partial charge in [0.1, 0.15) is 24.2 Å². The number of alkyl halides is 7. The molecule has 3 rings (SSSR count). The number of halogens is 7. The monoisotopic (exact) mass is 712 g/mol. The fourth-order valence-corrected chi connectivity index (χ4v) is 6.89. The number of hydrogen-bond acceptors (Lipinski definition) is 9. The van der Waals surface area contributed by atoms with Gasteiger partial charge in [-0.1, -0.05) is 0 Å². The fraction of sp³-hybridized carbons (Fsp3) is 0.654. The highest BCUT2D eigenvalue weighted by molar-refractivity contribution is 7.91. The summed E-state index contributed by atoms with van der Waals surface area (Å²) in [5.74, 6) is -4.09. The molecular formula is C26H31F7N2O9S2. The number of benzene rings is 1. The smallest absolute Gasteiger partial charge is 0.402 e. The fourth-order valence-electron chi connectivity index (χ4n) is 4.98. The van der Waals surface area contributed by atoms with Crippen molar-refractivity contribution in [3.8, 4) is 0 Å². The van der Waals surface area contributed by atoms with Gasteiger partial charge in [0.05, 0.1) is 11.1 Å². The van der Waals surface area contributed by atoms with Crippen molar-refractivity contribution in [1.82, 2.24) is 9.44 Å². The largest absolute Gasteiger partial charge is 0.456 e. The Labute approximate surface area is 259 Å². The van der Waals surface area contributed by atoms with Gasteiger partial charge in [0.2, 0.25) is 0 Å². The zero-order chi connectivity index (χ0) is 35.0. The van der Waals surface area contributed by atoms with E-state index in [0.717, 1.165) is 36.5 Å². The minimum Gasteiger partial charge on any atom is -0.456 e. The average Bonchev–Trinajstić information content (AvgIpc) is 3.53. The van der Waals surface area contributed by atoms with E-state index < -0.39 is 95.4 Å². The standard InChI is InChI=1S/C26H31F7N2O9S2/c1-22(7-3-4-8-22)43-20(37)17-11-16(12-18(13-17)21(38)44-23(2)9-5-6-10-23)19(36)35-46(41,42)26(32,33)14-25(30,31)45(39,40)34-15-24(27,28)29/h11-13,34H,3-10,14-15H2,1-2H3,(H,35,36). The molecule has 0 bridgehead atoms. The molecule has 2 aliphatic carbocycles. The molecule has 0 spiro atoms. The van der Waals surface area contributed by atoms with Crippen LogP contribution >= 0.6 is 0 Å². The van der Waals surface area contributed by atoms with Crippen LogP contribution in [0, 0.1) is 0 Å². The van der Waals surface area contributed by atoms with Crippen LogP contribution in [0.25, 0.3) is 0 Å². The maximum atomic E-state index is 14.6. The van der Waals surface area contributed by atoms with Crippen molar-refractivity contribution in [3.63, 3.8) is 0 Å². The number of esters is 2. The summed E-state index contributed by atoms with van der Waals surface area (Å²) in [6.07, 6.45) is -3.91. The molecule has 0 atom stereocenters. The first-order valence-electron chi connectivity index (χ1n) is 13.8. The molecule has 0 saturated heterocycles. The van der Waals surface area contributed by atoms with E-state index in [4.69, 9.17) is 9.47 Å². The molecule has 1 aromatic rings. The van der Waals surface area contributed by atoms with Gasteiger partial charge in [-0.2, -0.15) is 30.7 Å². The van der Waals surface area contributed by atoms with Gasteiger partial charge in [-0.05, 0) is 83.4 Å². The Morgan fingerprint density at radius 3 is 1.46 bits per heavy atom. The maximum Gasteiger partial charge on any atom is 0.402 e. The molecule has 2 saturated carbocycles. The van der Waals surface area contributed by atoms with Crippen LogP contribution in [-0.4, -0.2) is 69.1 Å². The van der Waals surface area contributed by atoms with Gasteiger partial charge in [0.15, 0.2) is 0 Å². The summed E-state index contributed by atoms with van der Waals surface area (Å²) in [4.78, 5) is 38.9. The minimum absolute atomic E-state index is 0.364. The summed E-state index contributed by atoms with van der Waals surface area (Å²) in [6.45, 7) is 0.698. The lowest BCUT2D eigenvalue weighted by atomic mass is 10.0. The lowest BCUT2D eigenvalue weighted by molar-refractivity contribution is -0.121. The van der Waals surface area contributed by atoms with Gasteiger partial charge >= 0.3 is 38.6 Å². The van der Waals surface area contributed by atoms with E-state index in [0.29, 0.717) is 42.5 Å². The van der Waals surface area contributed by atoms with Crippen molar-refractivity contribution in [2.75, 3.05) is 6.54 Å². The summed E-state index contributed by atoms with van der Waals surface area (Å²) < 4.78 is 154. The SMILES string of the molecule is CC1(OC(=O)c2cc(C(=O)NS(=O)(=O)C(F)(F)CC(F)(F)S(=O)(=O)NCC(F)(F)F)cc(C(=O)OC3(C)CCCC3)c2)CCCC1. The Balaban J connectivity index is 1.91. The molecule has 0 heterocycles. The van der Waals surface area contributed by atoms with E-state index in [9.17, 15) is 62.0 Å². The van der Waals surface area contributed by atoms with Crippen molar-refractivity contribution in [2.45, 2.75) is 99.5 Å². The van der Waals surface area contributed by atoms with Gasteiger partial charge in [-0.3, -0.25) is 4.79 Å². The Kier molecular flexibility index (Phi) is 10.5. The molecule has 0 aromatic heterocycles. The number of carbonyl (C=O) groups excluding carboxylic acids is 3. The summed E-state index contributed by atoms with van der Waals surface area (Å²) in [6, 6.07) is 2.36. The van der Waals surface area contributed by atoms with Gasteiger partial charge in [0.25, 0.3) is 15.9 Å². The molecule has 2 fully saturated rings. The molecule has 0 aliphatic heterocycles. The molecule has 1 amide bonds. The van der Waals surface area contributed by atoms with Gasteiger partial charge < -0.3 is 9.47 Å². The third-order valence-electron chi connectivity index (χ3n) is 7.55. The summed E-state index contributed by atoms with van der Waals surface area (Å²) in [7, 11) is -13.0. The van der Waals surface area contributed by atoms with Crippen molar-refractivity contribution >= 4 is 37.9 Å². The first kappa shape index (κ1) is 37.5. The Bertz CT molecular complexity index is 1510. The maximum absolute atomic E-state index is 14.6. The molecular weight excluding hydrogens is 681 g/mol. The molecule has 2 N–H and O–H groups in total. The topological polar surface area (TPSA) is 162 Å². The van der Waals surface area contributed by atoms with Crippen molar-refractivity contribution in [3.05, 3.63) is 34.9 Å². The second kappa shape index (κ2) is 12.9. The summed E-state index contributed by atoms with van der Waals surface area (Å²) in [5, 5.41) is -11.5. The third kappa shape index (κ3) is 9.08. The molecule has 0 radical (unpaired) electrons. The molecule has 20 heteroatoms. The highest BCUT2D eigenvalue weighted by Crippen LogP contribution is 2.38. The minimum atomic E-state index is -6.53. The summed E-state index contributed by atoms with van der Waals surface area (Å²) >= 11 is 0. The van der Waals surface area contributed by atoms with Crippen molar-refractivity contribution in [2.24, 2.45) is 0 Å².